The number of hydrogen-bond donors (Lipinski definition) is 2. The highest BCUT2D eigenvalue weighted by molar-refractivity contribution is 7.11. The SMILES string of the molecule is CC(C)c1ncc(CNCc2ccccc2CO)s1. The van der Waals surface area contributed by atoms with Gasteiger partial charge in [-0.2, -0.15) is 0 Å². The zero-order valence-corrected chi connectivity index (χ0v) is 12.2. The summed E-state index contributed by atoms with van der Waals surface area (Å²) in [5.41, 5.74) is 2.14. The van der Waals surface area contributed by atoms with Crippen LogP contribution < -0.4 is 5.32 Å². The summed E-state index contributed by atoms with van der Waals surface area (Å²) in [4.78, 5) is 5.67. The summed E-state index contributed by atoms with van der Waals surface area (Å²) in [7, 11) is 0. The molecule has 4 heteroatoms. The van der Waals surface area contributed by atoms with Crippen molar-refractivity contribution in [2.75, 3.05) is 0 Å². The molecule has 2 rings (SSSR count). The van der Waals surface area contributed by atoms with Crippen LogP contribution in [0.4, 0.5) is 0 Å². The van der Waals surface area contributed by atoms with Crippen molar-refractivity contribution in [3.05, 3.63) is 51.5 Å². The zero-order valence-electron chi connectivity index (χ0n) is 11.4. The maximum absolute atomic E-state index is 9.26. The Hall–Kier alpha value is -1.23. The van der Waals surface area contributed by atoms with Gasteiger partial charge >= 0.3 is 0 Å². The molecule has 0 bridgehead atoms. The van der Waals surface area contributed by atoms with Crippen LogP contribution in [-0.4, -0.2) is 10.1 Å². The van der Waals surface area contributed by atoms with E-state index in [-0.39, 0.29) is 6.61 Å². The lowest BCUT2D eigenvalue weighted by Gasteiger charge is -2.07. The van der Waals surface area contributed by atoms with Crippen LogP contribution in [0.1, 0.15) is 40.8 Å². The number of aliphatic hydroxyl groups is 1. The van der Waals surface area contributed by atoms with Gasteiger partial charge in [-0.15, -0.1) is 11.3 Å². The van der Waals surface area contributed by atoms with Crippen molar-refractivity contribution in [3.8, 4) is 0 Å². The number of hydrogen-bond acceptors (Lipinski definition) is 4. The third kappa shape index (κ3) is 3.86. The van der Waals surface area contributed by atoms with Crippen LogP contribution in [-0.2, 0) is 19.7 Å². The molecule has 2 N–H and O–H groups in total. The Bertz CT molecular complexity index is 522. The van der Waals surface area contributed by atoms with Gasteiger partial charge in [0.2, 0.25) is 0 Å². The van der Waals surface area contributed by atoms with E-state index in [1.165, 1.54) is 9.88 Å². The normalized spacial score (nSPS) is 11.2. The summed E-state index contributed by atoms with van der Waals surface area (Å²) in [5, 5.41) is 13.9. The molecule has 0 unspecified atom stereocenters. The van der Waals surface area contributed by atoms with Crippen LogP contribution >= 0.6 is 11.3 Å². The minimum Gasteiger partial charge on any atom is -0.392 e. The number of thiazole rings is 1. The van der Waals surface area contributed by atoms with Crippen molar-refractivity contribution < 1.29 is 5.11 Å². The number of aromatic nitrogens is 1. The van der Waals surface area contributed by atoms with Crippen LogP contribution in [0.3, 0.4) is 0 Å². The highest BCUT2D eigenvalue weighted by atomic mass is 32.1. The van der Waals surface area contributed by atoms with Gasteiger partial charge in [-0.25, -0.2) is 4.98 Å². The van der Waals surface area contributed by atoms with Gasteiger partial charge < -0.3 is 10.4 Å². The molecule has 0 amide bonds. The molecule has 0 aliphatic rings. The molecule has 0 atom stereocenters. The molecule has 1 aromatic heterocycles. The van der Waals surface area contributed by atoms with Crippen molar-refractivity contribution >= 4 is 11.3 Å². The average Bonchev–Trinajstić information content (AvgIpc) is 2.88. The first kappa shape index (κ1) is 14.2. The average molecular weight is 276 g/mol. The molecule has 1 heterocycles. The third-order valence-electron chi connectivity index (χ3n) is 2.97. The first-order valence-corrected chi connectivity index (χ1v) is 7.35. The second kappa shape index (κ2) is 6.80. The highest BCUT2D eigenvalue weighted by Gasteiger charge is 2.06. The fourth-order valence-corrected chi connectivity index (χ4v) is 2.77. The Morgan fingerprint density at radius 1 is 1.21 bits per heavy atom. The minimum atomic E-state index is 0.0932. The molecule has 0 radical (unpaired) electrons. The second-order valence-corrected chi connectivity index (χ2v) is 6.00. The summed E-state index contributed by atoms with van der Waals surface area (Å²) in [6, 6.07) is 7.96. The van der Waals surface area contributed by atoms with Gasteiger partial charge in [-0.05, 0) is 11.1 Å². The lowest BCUT2D eigenvalue weighted by Crippen LogP contribution is -2.13. The van der Waals surface area contributed by atoms with E-state index in [1.807, 2.05) is 30.5 Å². The Morgan fingerprint density at radius 3 is 2.58 bits per heavy atom. The monoisotopic (exact) mass is 276 g/mol. The highest BCUT2D eigenvalue weighted by Crippen LogP contribution is 2.20. The molecule has 0 saturated heterocycles. The smallest absolute Gasteiger partial charge is 0.0953 e. The van der Waals surface area contributed by atoms with Gasteiger partial charge in [0.25, 0.3) is 0 Å². The van der Waals surface area contributed by atoms with Gasteiger partial charge in [0, 0.05) is 30.1 Å². The third-order valence-corrected chi connectivity index (χ3v) is 4.27. The summed E-state index contributed by atoms with van der Waals surface area (Å²) in [5.74, 6) is 0.494. The van der Waals surface area contributed by atoms with E-state index in [1.54, 1.807) is 11.3 Å². The quantitative estimate of drug-likeness (QED) is 0.852. The minimum absolute atomic E-state index is 0.0932. The van der Waals surface area contributed by atoms with E-state index in [4.69, 9.17) is 0 Å². The Kier molecular flexibility index (Phi) is 5.07. The molecule has 0 saturated carbocycles. The van der Waals surface area contributed by atoms with Crippen LogP contribution in [0.2, 0.25) is 0 Å². The van der Waals surface area contributed by atoms with E-state index in [0.29, 0.717) is 5.92 Å². The fourth-order valence-electron chi connectivity index (χ4n) is 1.88. The van der Waals surface area contributed by atoms with E-state index < -0.39 is 0 Å². The Balaban J connectivity index is 1.89. The molecule has 2 aromatic rings. The van der Waals surface area contributed by atoms with E-state index in [9.17, 15) is 5.11 Å². The predicted octanol–water partition coefficient (Wildman–Crippen LogP) is 3.05. The van der Waals surface area contributed by atoms with Gasteiger partial charge in [0.15, 0.2) is 0 Å². The molecule has 0 spiro atoms. The first-order valence-electron chi connectivity index (χ1n) is 6.53. The molecule has 0 aliphatic carbocycles. The van der Waals surface area contributed by atoms with Crippen molar-refractivity contribution in [1.82, 2.24) is 10.3 Å². The van der Waals surface area contributed by atoms with E-state index in [2.05, 4.69) is 24.1 Å². The molecule has 102 valence electrons. The van der Waals surface area contributed by atoms with Crippen molar-refractivity contribution in [2.24, 2.45) is 0 Å². The molecule has 3 nitrogen and oxygen atoms in total. The Labute approximate surface area is 118 Å². The molecule has 1 aromatic carbocycles. The van der Waals surface area contributed by atoms with Gasteiger partial charge in [-0.3, -0.25) is 0 Å². The van der Waals surface area contributed by atoms with Crippen LogP contribution in [0.5, 0.6) is 0 Å². The fraction of sp³-hybridized carbons (Fsp3) is 0.400. The molecular formula is C15H20N2OS. The van der Waals surface area contributed by atoms with Crippen molar-refractivity contribution in [2.45, 2.75) is 39.5 Å². The molecular weight excluding hydrogens is 256 g/mol. The van der Waals surface area contributed by atoms with E-state index in [0.717, 1.165) is 24.2 Å². The largest absolute Gasteiger partial charge is 0.392 e. The van der Waals surface area contributed by atoms with Gasteiger partial charge in [0.1, 0.15) is 0 Å². The maximum Gasteiger partial charge on any atom is 0.0953 e. The lowest BCUT2D eigenvalue weighted by atomic mass is 10.1. The number of benzene rings is 1. The van der Waals surface area contributed by atoms with Crippen LogP contribution in [0.25, 0.3) is 0 Å². The number of aliphatic hydroxyl groups excluding tert-OH is 1. The summed E-state index contributed by atoms with van der Waals surface area (Å²) in [6.07, 6.45) is 1.95. The molecule has 0 fully saturated rings. The zero-order chi connectivity index (χ0) is 13.7. The number of rotatable bonds is 6. The number of nitrogens with one attached hydrogen (secondary N) is 1. The maximum atomic E-state index is 9.26. The summed E-state index contributed by atoms with van der Waals surface area (Å²) < 4.78 is 0. The van der Waals surface area contributed by atoms with Gasteiger partial charge in [-0.1, -0.05) is 38.1 Å². The number of nitrogens with zero attached hydrogens (tertiary/aromatic N) is 1. The van der Waals surface area contributed by atoms with E-state index >= 15 is 0 Å². The standard InChI is InChI=1S/C15H20N2OS/c1-11(2)15-17-9-14(19-15)8-16-7-12-5-3-4-6-13(12)10-18/h3-6,9,11,16,18H,7-8,10H2,1-2H3. The van der Waals surface area contributed by atoms with Crippen molar-refractivity contribution in [1.29, 1.82) is 0 Å². The van der Waals surface area contributed by atoms with Crippen molar-refractivity contribution in [3.63, 3.8) is 0 Å². The molecule has 19 heavy (non-hydrogen) atoms. The summed E-state index contributed by atoms with van der Waals surface area (Å²) in [6.45, 7) is 6.01. The first-order chi connectivity index (χ1) is 9.20. The van der Waals surface area contributed by atoms with Crippen LogP contribution in [0.15, 0.2) is 30.5 Å². The Morgan fingerprint density at radius 2 is 1.95 bits per heavy atom. The van der Waals surface area contributed by atoms with Gasteiger partial charge in [0.05, 0.1) is 11.6 Å². The van der Waals surface area contributed by atoms with Crippen LogP contribution in [0, 0.1) is 0 Å². The summed E-state index contributed by atoms with van der Waals surface area (Å²) >= 11 is 1.76. The topological polar surface area (TPSA) is 45.2 Å². The predicted molar refractivity (Wildman–Crippen MR) is 79.1 cm³/mol. The second-order valence-electron chi connectivity index (χ2n) is 4.85. The molecule has 0 aliphatic heterocycles. The lowest BCUT2D eigenvalue weighted by molar-refractivity contribution is 0.280.